The van der Waals surface area contributed by atoms with Gasteiger partial charge in [-0.25, -0.2) is 18.7 Å². The average molecular weight is 573 g/mol. The molecule has 4 aromatic rings. The first-order valence-electron chi connectivity index (χ1n) is 13.7. The van der Waals surface area contributed by atoms with Crippen molar-refractivity contribution in [2.24, 2.45) is 0 Å². The van der Waals surface area contributed by atoms with Crippen LogP contribution in [0.4, 0.5) is 10.2 Å². The number of hydrogen-bond acceptors (Lipinski definition) is 6. The number of pyridine rings is 2. The van der Waals surface area contributed by atoms with Gasteiger partial charge >= 0.3 is 5.69 Å². The van der Waals surface area contributed by atoms with Crippen molar-refractivity contribution in [2.45, 2.75) is 51.6 Å². The first-order valence-corrected chi connectivity index (χ1v) is 14.1. The number of rotatable bonds is 5. The van der Waals surface area contributed by atoms with Crippen LogP contribution in [-0.2, 0) is 4.79 Å². The molecule has 0 aliphatic carbocycles. The van der Waals surface area contributed by atoms with Crippen LogP contribution in [0.3, 0.4) is 0 Å². The number of benzene rings is 1. The molecule has 1 aromatic carbocycles. The molecule has 7 rings (SSSR count). The molecule has 6 heterocycles. The molecule has 2 bridgehead atoms. The van der Waals surface area contributed by atoms with Crippen molar-refractivity contribution in [3.05, 3.63) is 87.8 Å². The van der Waals surface area contributed by atoms with Crippen molar-refractivity contribution in [1.29, 1.82) is 0 Å². The first-order chi connectivity index (χ1) is 19.7. The van der Waals surface area contributed by atoms with E-state index in [9.17, 15) is 14.0 Å². The largest absolute Gasteiger partial charge is 0.355 e. The first kappa shape index (κ1) is 27.1. The Morgan fingerprint density at radius 3 is 2.59 bits per heavy atom. The molecule has 210 valence electrons. The van der Waals surface area contributed by atoms with Crippen molar-refractivity contribution in [3.8, 4) is 16.9 Å². The molecule has 3 aliphatic rings. The second kappa shape index (κ2) is 10.4. The standard InChI is InChI=1S/C31H30ClFN6O2/c1-5-25(40)37-15-20-11-10-19(37)16-38(20)29-22-14-23(32)27(21-8-6-7-9-24(21)33)35-30(22)39(31(41)36-29)28-18(4)12-13-34-26(28)17(2)3/h5-9,12-14,17,19-20H,1,10-11,15-16H2,2-4H3/t19-,20?/m0/s1. The number of anilines is 1. The van der Waals surface area contributed by atoms with E-state index < -0.39 is 11.5 Å². The minimum Gasteiger partial charge on any atom is -0.349 e. The Morgan fingerprint density at radius 1 is 1.15 bits per heavy atom. The van der Waals surface area contributed by atoms with E-state index in [0.717, 1.165) is 24.1 Å². The number of carbonyl (C=O) groups is 1. The SMILES string of the molecule is C=CC(=O)N1CC2CC[C@H]1CN2c1nc(=O)n(-c2c(C)ccnc2C(C)C)c2nc(-c3ccccc3F)c(Cl)cc12. The van der Waals surface area contributed by atoms with E-state index in [1.165, 1.54) is 16.7 Å². The fourth-order valence-electron chi connectivity index (χ4n) is 6.13. The number of hydrogen-bond donors (Lipinski definition) is 0. The molecule has 2 atom stereocenters. The molecule has 0 saturated carbocycles. The monoisotopic (exact) mass is 572 g/mol. The van der Waals surface area contributed by atoms with Gasteiger partial charge in [-0.1, -0.05) is 44.2 Å². The third-order valence-electron chi connectivity index (χ3n) is 8.11. The minimum atomic E-state index is -0.514. The molecule has 3 aliphatic heterocycles. The Morgan fingerprint density at radius 2 is 1.90 bits per heavy atom. The molecular formula is C31H30ClFN6O2. The zero-order valence-corrected chi connectivity index (χ0v) is 23.9. The number of fused-ring (bicyclic) bond motifs is 4. The molecule has 1 unspecified atom stereocenters. The third-order valence-corrected chi connectivity index (χ3v) is 8.40. The number of piperazine rings is 1. The molecule has 41 heavy (non-hydrogen) atoms. The number of aryl methyl sites for hydroxylation is 1. The van der Waals surface area contributed by atoms with Gasteiger partial charge in [0, 0.05) is 36.9 Å². The Balaban J connectivity index is 1.63. The van der Waals surface area contributed by atoms with E-state index in [4.69, 9.17) is 16.6 Å². The third kappa shape index (κ3) is 4.48. The number of halogens is 2. The molecule has 3 saturated heterocycles. The Hall–Kier alpha value is -4.11. The fourth-order valence-corrected chi connectivity index (χ4v) is 6.38. The quantitative estimate of drug-likeness (QED) is 0.296. The van der Waals surface area contributed by atoms with Crippen LogP contribution >= 0.6 is 11.6 Å². The highest BCUT2D eigenvalue weighted by Crippen LogP contribution is 2.38. The minimum absolute atomic E-state index is 0.0103. The summed E-state index contributed by atoms with van der Waals surface area (Å²) >= 11 is 6.80. The summed E-state index contributed by atoms with van der Waals surface area (Å²) in [5.41, 5.74) is 2.44. The van der Waals surface area contributed by atoms with Crippen LogP contribution in [0.2, 0.25) is 5.02 Å². The van der Waals surface area contributed by atoms with Gasteiger partial charge < -0.3 is 9.80 Å². The zero-order valence-electron chi connectivity index (χ0n) is 23.1. The topological polar surface area (TPSA) is 84.2 Å². The number of piperidine rings is 2. The van der Waals surface area contributed by atoms with Gasteiger partial charge in [0.05, 0.1) is 27.5 Å². The average Bonchev–Trinajstić information content (AvgIpc) is 2.97. The summed E-state index contributed by atoms with van der Waals surface area (Å²) in [5.74, 6) is -0.0925. The highest BCUT2D eigenvalue weighted by molar-refractivity contribution is 6.33. The fraction of sp³-hybridized carbons (Fsp3) is 0.323. The predicted octanol–water partition coefficient (Wildman–Crippen LogP) is 5.43. The Labute approximate surface area is 242 Å². The lowest BCUT2D eigenvalue weighted by atomic mass is 9.90. The summed E-state index contributed by atoms with van der Waals surface area (Å²) < 4.78 is 16.4. The predicted molar refractivity (Wildman–Crippen MR) is 158 cm³/mol. The summed E-state index contributed by atoms with van der Waals surface area (Å²) in [4.78, 5) is 44.5. The molecule has 0 radical (unpaired) electrons. The smallest absolute Gasteiger partial charge is 0.349 e. The maximum atomic E-state index is 15.0. The Bertz CT molecular complexity index is 1770. The second-order valence-electron chi connectivity index (χ2n) is 11.0. The van der Waals surface area contributed by atoms with Crippen molar-refractivity contribution < 1.29 is 9.18 Å². The van der Waals surface area contributed by atoms with Gasteiger partial charge in [0.1, 0.15) is 11.6 Å². The van der Waals surface area contributed by atoms with E-state index in [0.29, 0.717) is 35.6 Å². The van der Waals surface area contributed by atoms with Crippen molar-refractivity contribution in [2.75, 3.05) is 18.0 Å². The number of aromatic nitrogens is 4. The number of amides is 1. The molecule has 1 amide bonds. The van der Waals surface area contributed by atoms with Gasteiger partial charge in [0.2, 0.25) is 5.91 Å². The summed E-state index contributed by atoms with van der Waals surface area (Å²) in [6.45, 7) is 10.6. The molecule has 0 N–H and O–H groups in total. The van der Waals surface area contributed by atoms with E-state index in [1.54, 1.807) is 30.5 Å². The van der Waals surface area contributed by atoms with Gasteiger partial charge in [-0.3, -0.25) is 9.78 Å². The van der Waals surface area contributed by atoms with Crippen LogP contribution in [-0.4, -0.2) is 55.5 Å². The van der Waals surface area contributed by atoms with Crippen molar-refractivity contribution in [3.63, 3.8) is 0 Å². The number of carbonyl (C=O) groups excluding carboxylic acids is 1. The molecule has 8 nitrogen and oxygen atoms in total. The molecule has 0 spiro atoms. The summed E-state index contributed by atoms with van der Waals surface area (Å²) in [5, 5.41) is 0.815. The van der Waals surface area contributed by atoms with Gasteiger partial charge in [0.25, 0.3) is 0 Å². The van der Waals surface area contributed by atoms with Crippen LogP contribution in [0.25, 0.3) is 28.0 Å². The zero-order chi connectivity index (χ0) is 29.0. The normalized spacial score (nSPS) is 18.4. The van der Waals surface area contributed by atoms with Crippen LogP contribution in [0.1, 0.15) is 43.9 Å². The van der Waals surface area contributed by atoms with Crippen LogP contribution < -0.4 is 10.6 Å². The van der Waals surface area contributed by atoms with E-state index in [2.05, 4.69) is 21.4 Å². The van der Waals surface area contributed by atoms with Gasteiger partial charge in [-0.15, -0.1) is 0 Å². The highest BCUT2D eigenvalue weighted by atomic mass is 35.5. The second-order valence-corrected chi connectivity index (χ2v) is 11.4. The van der Waals surface area contributed by atoms with Gasteiger partial charge in [-0.05, 0) is 61.6 Å². The van der Waals surface area contributed by atoms with E-state index in [-0.39, 0.29) is 40.2 Å². The van der Waals surface area contributed by atoms with Crippen LogP contribution in [0, 0.1) is 12.7 Å². The maximum absolute atomic E-state index is 15.0. The number of nitrogens with zero attached hydrogens (tertiary/aromatic N) is 6. The Kier molecular flexibility index (Phi) is 6.85. The summed E-state index contributed by atoms with van der Waals surface area (Å²) in [6.07, 6.45) is 4.78. The summed E-state index contributed by atoms with van der Waals surface area (Å²) in [6, 6.07) is 9.79. The lowest BCUT2D eigenvalue weighted by Crippen LogP contribution is -2.64. The van der Waals surface area contributed by atoms with Crippen LogP contribution in [0.15, 0.2) is 60.0 Å². The lowest BCUT2D eigenvalue weighted by molar-refractivity contribution is -0.131. The lowest BCUT2D eigenvalue weighted by Gasteiger charge is -2.51. The van der Waals surface area contributed by atoms with E-state index >= 15 is 0 Å². The van der Waals surface area contributed by atoms with Gasteiger partial charge in [0.15, 0.2) is 5.65 Å². The van der Waals surface area contributed by atoms with E-state index in [1.807, 2.05) is 31.7 Å². The molecular weight excluding hydrogens is 543 g/mol. The van der Waals surface area contributed by atoms with Gasteiger partial charge in [-0.2, -0.15) is 4.98 Å². The maximum Gasteiger partial charge on any atom is 0.355 e. The molecule has 3 aromatic heterocycles. The molecule has 3 fully saturated rings. The molecule has 10 heteroatoms. The van der Waals surface area contributed by atoms with Crippen LogP contribution in [0.5, 0.6) is 0 Å². The summed E-state index contributed by atoms with van der Waals surface area (Å²) in [7, 11) is 0. The van der Waals surface area contributed by atoms with Crippen molar-refractivity contribution >= 4 is 34.4 Å². The van der Waals surface area contributed by atoms with Crippen molar-refractivity contribution in [1.82, 2.24) is 24.4 Å². The highest BCUT2D eigenvalue weighted by Gasteiger charge is 2.42.